The molecule has 172 valence electrons. The summed E-state index contributed by atoms with van der Waals surface area (Å²) < 4.78 is 47.3. The molecule has 1 heterocycles. The van der Waals surface area contributed by atoms with Gasteiger partial charge < -0.3 is 15.4 Å². The molecule has 1 aromatic heterocycles. The number of nitrogens with zero attached hydrogens (tertiary/aromatic N) is 4. The van der Waals surface area contributed by atoms with Crippen molar-refractivity contribution in [1.82, 2.24) is 30.8 Å². The van der Waals surface area contributed by atoms with E-state index in [0.29, 0.717) is 32.0 Å². The number of hydrogen-bond acceptors (Lipinski definition) is 7. The number of amides is 1. The van der Waals surface area contributed by atoms with Gasteiger partial charge in [-0.05, 0) is 63.6 Å². The van der Waals surface area contributed by atoms with Gasteiger partial charge in [0, 0.05) is 12.1 Å². The summed E-state index contributed by atoms with van der Waals surface area (Å²) in [6, 6.07) is 0. The number of carbonyl (C=O) groups excluding carboxylic acids is 1. The van der Waals surface area contributed by atoms with Crippen molar-refractivity contribution in [1.29, 1.82) is 0 Å². The number of carbonyl (C=O) groups is 1. The van der Waals surface area contributed by atoms with Crippen LogP contribution >= 0.6 is 0 Å². The SMILES string of the molecule is C=CC(=O)NC(C)(C)CC(C)(NCCCOC(F)(F)F)c1nnnn1CCOCC. The molecule has 2 N–H and O–H groups in total. The van der Waals surface area contributed by atoms with Crippen molar-refractivity contribution in [3.63, 3.8) is 0 Å². The highest BCUT2D eigenvalue weighted by atomic mass is 19.4. The molecule has 0 fully saturated rings. The van der Waals surface area contributed by atoms with E-state index in [1.165, 1.54) is 6.08 Å². The predicted molar refractivity (Wildman–Crippen MR) is 103 cm³/mol. The molecule has 0 aromatic carbocycles. The summed E-state index contributed by atoms with van der Waals surface area (Å²) in [5.41, 5.74) is -1.54. The molecule has 0 aliphatic rings. The highest BCUT2D eigenvalue weighted by molar-refractivity contribution is 5.87. The Kier molecular flexibility index (Phi) is 9.85. The summed E-state index contributed by atoms with van der Waals surface area (Å²) in [5, 5.41) is 17.9. The number of halogens is 3. The molecular formula is C18H31F3N6O3. The number of tetrazole rings is 1. The predicted octanol–water partition coefficient (Wildman–Crippen LogP) is 1.91. The molecule has 1 rings (SSSR count). The van der Waals surface area contributed by atoms with Crippen molar-refractivity contribution in [2.24, 2.45) is 0 Å². The average Bonchev–Trinajstić information content (AvgIpc) is 3.09. The lowest BCUT2D eigenvalue weighted by Gasteiger charge is -2.37. The van der Waals surface area contributed by atoms with Crippen molar-refractivity contribution in [2.75, 3.05) is 26.4 Å². The van der Waals surface area contributed by atoms with Crippen molar-refractivity contribution in [3.8, 4) is 0 Å². The number of alkyl halides is 3. The number of aromatic nitrogens is 4. The van der Waals surface area contributed by atoms with Crippen LogP contribution in [-0.4, -0.2) is 64.4 Å². The van der Waals surface area contributed by atoms with Crippen LogP contribution in [0.1, 0.15) is 46.4 Å². The molecule has 1 amide bonds. The first-order valence-corrected chi connectivity index (χ1v) is 9.67. The molecule has 30 heavy (non-hydrogen) atoms. The first-order valence-electron chi connectivity index (χ1n) is 9.67. The summed E-state index contributed by atoms with van der Waals surface area (Å²) in [6.45, 7) is 11.9. The van der Waals surface area contributed by atoms with Crippen molar-refractivity contribution in [2.45, 2.75) is 64.5 Å². The van der Waals surface area contributed by atoms with Gasteiger partial charge in [-0.3, -0.25) is 9.53 Å². The van der Waals surface area contributed by atoms with Crippen LogP contribution in [-0.2, 0) is 26.4 Å². The van der Waals surface area contributed by atoms with E-state index < -0.39 is 24.0 Å². The Labute approximate surface area is 174 Å². The summed E-state index contributed by atoms with van der Waals surface area (Å²) in [4.78, 5) is 11.8. The standard InChI is InChI=1S/C18H31F3N6O3/c1-6-14(28)23-16(3,4)13-17(5,22-9-8-11-30-18(19,20)21)15-24-25-26-27(15)10-12-29-7-2/h6,22H,1,7-13H2,2-5H3,(H,23,28). The third-order valence-electron chi connectivity index (χ3n) is 4.22. The Morgan fingerprint density at radius 2 is 1.97 bits per heavy atom. The summed E-state index contributed by atoms with van der Waals surface area (Å²) in [5.74, 6) is 0.150. The summed E-state index contributed by atoms with van der Waals surface area (Å²) in [7, 11) is 0. The van der Waals surface area contributed by atoms with E-state index in [0.717, 1.165) is 0 Å². The molecule has 12 heteroatoms. The van der Waals surface area contributed by atoms with Gasteiger partial charge in [0.1, 0.15) is 0 Å². The van der Waals surface area contributed by atoms with Crippen molar-refractivity contribution in [3.05, 3.63) is 18.5 Å². The van der Waals surface area contributed by atoms with Crippen LogP contribution in [0.2, 0.25) is 0 Å². The van der Waals surface area contributed by atoms with Gasteiger partial charge in [-0.1, -0.05) is 6.58 Å². The fourth-order valence-corrected chi connectivity index (χ4v) is 3.20. The third-order valence-corrected chi connectivity index (χ3v) is 4.22. The van der Waals surface area contributed by atoms with E-state index in [-0.39, 0.29) is 18.9 Å². The quantitative estimate of drug-likeness (QED) is 0.339. The summed E-state index contributed by atoms with van der Waals surface area (Å²) in [6.07, 6.45) is -3.01. The van der Waals surface area contributed by atoms with Gasteiger partial charge in [0.25, 0.3) is 0 Å². The molecule has 0 aliphatic carbocycles. The Hall–Kier alpha value is -2.05. The van der Waals surface area contributed by atoms with Crippen LogP contribution in [0.5, 0.6) is 0 Å². The zero-order valence-corrected chi connectivity index (χ0v) is 17.9. The Balaban J connectivity index is 2.97. The third kappa shape index (κ3) is 9.18. The summed E-state index contributed by atoms with van der Waals surface area (Å²) >= 11 is 0. The van der Waals surface area contributed by atoms with Gasteiger partial charge in [0.2, 0.25) is 5.91 Å². The average molecular weight is 436 g/mol. The first-order chi connectivity index (χ1) is 13.9. The van der Waals surface area contributed by atoms with E-state index in [1.807, 2.05) is 27.7 Å². The van der Waals surface area contributed by atoms with Gasteiger partial charge in [-0.25, -0.2) is 4.68 Å². The first kappa shape index (κ1) is 26.0. The molecule has 0 aliphatic heterocycles. The number of ether oxygens (including phenoxy) is 2. The second-order valence-corrected chi connectivity index (χ2v) is 7.58. The molecule has 9 nitrogen and oxygen atoms in total. The molecule has 0 spiro atoms. The van der Waals surface area contributed by atoms with Gasteiger partial charge in [0.05, 0.1) is 25.3 Å². The van der Waals surface area contributed by atoms with Crippen molar-refractivity contribution < 1.29 is 27.4 Å². The number of hydrogen-bond donors (Lipinski definition) is 2. The van der Waals surface area contributed by atoms with Gasteiger partial charge in [-0.15, -0.1) is 18.3 Å². The molecule has 0 radical (unpaired) electrons. The Morgan fingerprint density at radius 1 is 1.27 bits per heavy atom. The molecule has 1 atom stereocenters. The Morgan fingerprint density at radius 3 is 2.57 bits per heavy atom. The number of nitrogens with one attached hydrogen (secondary N) is 2. The fraction of sp³-hybridized carbons (Fsp3) is 0.778. The second-order valence-electron chi connectivity index (χ2n) is 7.58. The molecule has 0 saturated carbocycles. The smallest absolute Gasteiger partial charge is 0.380 e. The highest BCUT2D eigenvalue weighted by Gasteiger charge is 2.38. The van der Waals surface area contributed by atoms with E-state index in [2.05, 4.69) is 37.5 Å². The lowest BCUT2D eigenvalue weighted by atomic mass is 9.84. The van der Waals surface area contributed by atoms with Crippen LogP contribution in [0.3, 0.4) is 0 Å². The van der Waals surface area contributed by atoms with Gasteiger partial charge in [0.15, 0.2) is 5.82 Å². The lowest BCUT2D eigenvalue weighted by Crippen LogP contribution is -2.53. The largest absolute Gasteiger partial charge is 0.522 e. The normalized spacial score (nSPS) is 14.4. The van der Waals surface area contributed by atoms with Gasteiger partial charge in [-0.2, -0.15) is 0 Å². The van der Waals surface area contributed by atoms with Crippen LogP contribution in [0.4, 0.5) is 13.2 Å². The van der Waals surface area contributed by atoms with E-state index >= 15 is 0 Å². The van der Waals surface area contributed by atoms with Gasteiger partial charge >= 0.3 is 6.36 Å². The minimum absolute atomic E-state index is 0.120. The monoisotopic (exact) mass is 436 g/mol. The number of rotatable bonds is 14. The second kappa shape index (κ2) is 11.4. The molecule has 0 bridgehead atoms. The Bertz CT molecular complexity index is 680. The van der Waals surface area contributed by atoms with Crippen LogP contribution in [0, 0.1) is 0 Å². The van der Waals surface area contributed by atoms with E-state index in [4.69, 9.17) is 4.74 Å². The molecular weight excluding hydrogens is 405 g/mol. The maximum absolute atomic E-state index is 12.2. The van der Waals surface area contributed by atoms with Crippen LogP contribution in [0.15, 0.2) is 12.7 Å². The zero-order valence-electron chi connectivity index (χ0n) is 17.9. The fourth-order valence-electron chi connectivity index (χ4n) is 3.20. The topological polar surface area (TPSA) is 103 Å². The minimum Gasteiger partial charge on any atom is -0.380 e. The molecule has 1 unspecified atom stereocenters. The van der Waals surface area contributed by atoms with Crippen LogP contribution < -0.4 is 10.6 Å². The molecule has 0 saturated heterocycles. The maximum Gasteiger partial charge on any atom is 0.522 e. The molecule has 1 aromatic rings. The van der Waals surface area contributed by atoms with E-state index in [1.54, 1.807) is 4.68 Å². The van der Waals surface area contributed by atoms with E-state index in [9.17, 15) is 18.0 Å². The van der Waals surface area contributed by atoms with Crippen molar-refractivity contribution >= 4 is 5.91 Å². The minimum atomic E-state index is -4.66. The lowest BCUT2D eigenvalue weighted by molar-refractivity contribution is -0.324. The zero-order chi connectivity index (χ0) is 22.8. The van der Waals surface area contributed by atoms with Crippen LogP contribution in [0.25, 0.3) is 0 Å². The maximum atomic E-state index is 12.2. The highest BCUT2D eigenvalue weighted by Crippen LogP contribution is 2.29.